The van der Waals surface area contributed by atoms with Crippen molar-refractivity contribution < 1.29 is 37.5 Å². The molecule has 4 atom stereocenters. The number of carbonyl (C=O) groups excluding carboxylic acids is 4. The van der Waals surface area contributed by atoms with E-state index in [4.69, 9.17) is 32.5 Å². The number of halogens is 1. The van der Waals surface area contributed by atoms with Crippen LogP contribution in [-0.4, -0.2) is 88.8 Å². The van der Waals surface area contributed by atoms with Gasteiger partial charge in [-0.2, -0.15) is 0 Å². The predicted octanol–water partition coefficient (Wildman–Crippen LogP) is -1.28. The van der Waals surface area contributed by atoms with Gasteiger partial charge in [-0.15, -0.1) is 22.9 Å². The molecule has 4 radical (unpaired) electrons. The lowest BCUT2D eigenvalue weighted by Gasteiger charge is -2.49. The highest BCUT2D eigenvalue weighted by molar-refractivity contribution is 7.86. The van der Waals surface area contributed by atoms with Crippen molar-refractivity contribution in [2.24, 2.45) is 5.16 Å². The van der Waals surface area contributed by atoms with Crippen LogP contribution in [0.1, 0.15) is 17.6 Å². The Bertz CT molecular complexity index is 1130. The summed E-state index contributed by atoms with van der Waals surface area (Å²) in [4.78, 5) is 59.5. The highest BCUT2D eigenvalue weighted by Crippen LogP contribution is 2.35. The van der Waals surface area contributed by atoms with E-state index in [1.165, 1.54) is 23.6 Å². The van der Waals surface area contributed by atoms with Crippen LogP contribution in [0.3, 0.4) is 0 Å². The molecule has 1 aromatic heterocycles. The largest absolute Gasteiger partial charge is 0.541 e. The van der Waals surface area contributed by atoms with E-state index in [2.05, 4.69) is 24.8 Å². The zero-order chi connectivity index (χ0) is 25.2. The first-order chi connectivity index (χ1) is 16.1. The number of nitrogens with zero attached hydrogens (tertiary/aromatic N) is 3. The van der Waals surface area contributed by atoms with Gasteiger partial charge in [-0.3, -0.25) is 18.7 Å². The van der Waals surface area contributed by atoms with Crippen LogP contribution in [-0.2, 0) is 44.1 Å². The number of amides is 2. The molecule has 1 aromatic rings. The van der Waals surface area contributed by atoms with Crippen molar-refractivity contribution in [3.05, 3.63) is 27.4 Å². The lowest BCUT2D eigenvalue weighted by atomic mass is 10.0. The zero-order valence-corrected chi connectivity index (χ0v) is 20.1. The van der Waals surface area contributed by atoms with Crippen molar-refractivity contribution in [2.45, 2.75) is 31.4 Å². The van der Waals surface area contributed by atoms with Crippen LogP contribution in [0.5, 0.6) is 0 Å². The number of β-lactam (4-membered cyclic amide) rings is 1. The Hall–Kier alpha value is -2.71. The van der Waals surface area contributed by atoms with Crippen LogP contribution in [0.25, 0.3) is 0 Å². The smallest absolute Gasteiger partial charge is 0.378 e. The topological polar surface area (TPSA) is 154 Å². The number of fused-ring (bicyclic) bond motifs is 1. The van der Waals surface area contributed by atoms with E-state index in [9.17, 15) is 23.4 Å². The Labute approximate surface area is 207 Å². The summed E-state index contributed by atoms with van der Waals surface area (Å²) in [5.41, 5.74) is -0.232. The van der Waals surface area contributed by atoms with Crippen molar-refractivity contribution in [3.63, 3.8) is 0 Å². The normalized spacial score (nSPS) is 22.9. The summed E-state index contributed by atoms with van der Waals surface area (Å²) in [5.74, 6) is -3.90. The number of oxime groups is 1. The molecule has 1 N–H and O–H groups in total. The van der Waals surface area contributed by atoms with Crippen LogP contribution in [0.4, 0.5) is 0 Å². The van der Waals surface area contributed by atoms with Gasteiger partial charge < -0.3 is 19.5 Å². The molecular weight excluding hydrogens is 509 g/mol. The molecule has 3 heterocycles. The first kappa shape index (κ1) is 25.9. The van der Waals surface area contributed by atoms with E-state index in [-0.39, 0.29) is 34.3 Å². The Morgan fingerprint density at radius 2 is 2.12 bits per heavy atom. The summed E-state index contributed by atoms with van der Waals surface area (Å²) in [6.45, 7) is 2.98. The first-order valence-electron chi connectivity index (χ1n) is 9.41. The molecule has 3 rings (SSSR count). The minimum atomic E-state index is -1.70. The quantitative estimate of drug-likeness (QED) is 0.144. The maximum Gasteiger partial charge on any atom is 0.378 e. The number of nitrogens with one attached hydrogen (secondary N) is 1. The van der Waals surface area contributed by atoms with E-state index in [0.717, 1.165) is 4.90 Å². The van der Waals surface area contributed by atoms with Crippen molar-refractivity contribution in [1.82, 2.24) is 15.2 Å². The fraction of sp³-hybridized carbons (Fsp3) is 0.412. The number of aryl methyl sites for hydroxylation is 1. The molecule has 34 heavy (non-hydrogen) atoms. The van der Waals surface area contributed by atoms with E-state index < -0.39 is 52.1 Å². The molecule has 176 valence electrons. The van der Waals surface area contributed by atoms with Gasteiger partial charge >= 0.3 is 28.0 Å². The second kappa shape index (κ2) is 10.7. The highest BCUT2D eigenvalue weighted by Gasteiger charge is 2.57. The molecule has 0 spiro atoms. The molecular formula is C17H15B2ClN4O8S2. The molecule has 0 aromatic carbocycles. The minimum absolute atomic E-state index is 0.110. The molecule has 2 aliphatic rings. The van der Waals surface area contributed by atoms with Crippen LogP contribution in [0, 0.1) is 6.92 Å². The van der Waals surface area contributed by atoms with Gasteiger partial charge in [-0.05, 0) is 19.4 Å². The lowest BCUT2D eigenvalue weighted by molar-refractivity contribution is -0.149. The number of aromatic nitrogens is 1. The first-order valence-corrected chi connectivity index (χ1v) is 12.2. The van der Waals surface area contributed by atoms with Gasteiger partial charge in [0.05, 0.1) is 21.6 Å². The molecule has 1 unspecified atom stereocenters. The molecule has 1 fully saturated rings. The second-order valence-electron chi connectivity index (χ2n) is 6.94. The van der Waals surface area contributed by atoms with E-state index >= 15 is 0 Å². The third-order valence-corrected chi connectivity index (χ3v) is 7.53. The van der Waals surface area contributed by atoms with Crippen LogP contribution >= 0.6 is 22.9 Å². The summed E-state index contributed by atoms with van der Waals surface area (Å²) in [6.07, 6.45) is -1.25. The number of hydrogen-bond acceptors (Lipinski definition) is 11. The lowest BCUT2D eigenvalue weighted by Crippen LogP contribution is -2.74. The van der Waals surface area contributed by atoms with Crippen molar-refractivity contribution in [3.8, 4) is 0 Å². The second-order valence-corrected chi connectivity index (χ2v) is 9.80. The average Bonchev–Trinajstić information content (AvgIpc) is 3.26. The SMILES string of the molecule is [B]OC(=O)C1=C(CCl)CS(=O)[C@@H]2[C@H](NC(=O)/C(=N\O[C@H](C)C(=O)O[B])c3csc(C)n3)C(=O)N12. The van der Waals surface area contributed by atoms with Gasteiger partial charge in [0.1, 0.15) is 22.8 Å². The number of alkyl halides is 1. The Balaban J connectivity index is 1.86. The van der Waals surface area contributed by atoms with Gasteiger partial charge in [0.2, 0.25) is 6.10 Å². The monoisotopic (exact) mass is 524 g/mol. The maximum atomic E-state index is 13.0. The summed E-state index contributed by atoms with van der Waals surface area (Å²) < 4.78 is 21.0. The summed E-state index contributed by atoms with van der Waals surface area (Å²) in [7, 11) is 8.06. The standard InChI is InChI=1S/C17H15B2ClN4O8S2/c1-6(16(27)30-18)32-23-10(9-4-33-7(2)21-9)13(25)22-11-14(26)24-12(17(28)31-19)8(3-20)5-34(29)15(11)24/h4,6,11,15H,3,5H2,1-2H3,(H,22,25)/b23-10-/t6-,11-,15-,34?/m1/s1. The fourth-order valence-electron chi connectivity index (χ4n) is 3.16. The summed E-state index contributed by atoms with van der Waals surface area (Å²) in [5, 5.41) is 7.18. The number of carbonyl (C=O) groups is 4. The molecule has 2 aliphatic heterocycles. The highest BCUT2D eigenvalue weighted by atomic mass is 35.5. The Morgan fingerprint density at radius 1 is 1.41 bits per heavy atom. The van der Waals surface area contributed by atoms with E-state index in [0.29, 0.717) is 5.01 Å². The maximum absolute atomic E-state index is 13.0. The molecule has 12 nitrogen and oxygen atoms in total. The number of hydrogen-bond donors (Lipinski definition) is 1. The zero-order valence-electron chi connectivity index (χ0n) is 17.7. The van der Waals surface area contributed by atoms with Gasteiger partial charge in [0.25, 0.3) is 11.8 Å². The fourth-order valence-corrected chi connectivity index (χ4v) is 5.77. The average molecular weight is 525 g/mol. The number of rotatable bonds is 8. The van der Waals surface area contributed by atoms with Gasteiger partial charge in [-0.1, -0.05) is 5.16 Å². The summed E-state index contributed by atoms with van der Waals surface area (Å²) >= 11 is 7.04. The third kappa shape index (κ3) is 4.88. The third-order valence-electron chi connectivity index (χ3n) is 4.78. The molecule has 0 aliphatic carbocycles. The minimum Gasteiger partial charge on any atom is -0.541 e. The van der Waals surface area contributed by atoms with Gasteiger partial charge in [0, 0.05) is 11.3 Å². The summed E-state index contributed by atoms with van der Waals surface area (Å²) in [6, 6.07) is -1.26. The van der Waals surface area contributed by atoms with Crippen LogP contribution < -0.4 is 5.32 Å². The van der Waals surface area contributed by atoms with Gasteiger partial charge in [0.15, 0.2) is 5.71 Å². The predicted molar refractivity (Wildman–Crippen MR) is 121 cm³/mol. The van der Waals surface area contributed by atoms with Crippen molar-refractivity contribution >= 4 is 79.3 Å². The molecule has 1 saturated heterocycles. The Morgan fingerprint density at radius 3 is 2.68 bits per heavy atom. The van der Waals surface area contributed by atoms with E-state index in [1.54, 1.807) is 6.92 Å². The molecule has 17 heteroatoms. The van der Waals surface area contributed by atoms with Crippen LogP contribution in [0.2, 0.25) is 0 Å². The number of thiazole rings is 1. The molecule has 2 amide bonds. The van der Waals surface area contributed by atoms with Crippen molar-refractivity contribution in [1.29, 1.82) is 0 Å². The molecule has 0 saturated carbocycles. The van der Waals surface area contributed by atoms with Gasteiger partial charge in [-0.25, -0.2) is 14.6 Å². The van der Waals surface area contributed by atoms with E-state index in [1.807, 2.05) is 0 Å². The van der Waals surface area contributed by atoms with Crippen molar-refractivity contribution in [2.75, 3.05) is 11.6 Å². The Kier molecular flexibility index (Phi) is 8.15. The van der Waals surface area contributed by atoms with Crippen LogP contribution in [0.15, 0.2) is 21.8 Å². The molecule has 0 bridgehead atoms.